The van der Waals surface area contributed by atoms with Gasteiger partial charge >= 0.3 is 0 Å². The van der Waals surface area contributed by atoms with Gasteiger partial charge in [-0.3, -0.25) is 0 Å². The van der Waals surface area contributed by atoms with Gasteiger partial charge in [-0.1, -0.05) is 0 Å². The summed E-state index contributed by atoms with van der Waals surface area (Å²) in [4.78, 5) is 0. The summed E-state index contributed by atoms with van der Waals surface area (Å²) in [5.41, 5.74) is 5.11. The van der Waals surface area contributed by atoms with Crippen LogP contribution in [0, 0.1) is 0 Å². The van der Waals surface area contributed by atoms with Crippen LogP contribution in [-0.2, 0) is 4.74 Å². The first-order valence-electron chi connectivity index (χ1n) is 4.13. The fraction of sp³-hybridized carbons (Fsp3) is 1.00. The predicted octanol–water partition coefficient (Wildman–Crippen LogP) is 0.265. The van der Waals surface area contributed by atoms with E-state index in [4.69, 9.17) is 10.5 Å². The summed E-state index contributed by atoms with van der Waals surface area (Å²) in [5.74, 6) is 0. The molecule has 3 heteroatoms. The van der Waals surface area contributed by atoms with Gasteiger partial charge in [0, 0.05) is 13.2 Å². The smallest absolute Gasteiger partial charge is 0.0881 e. The molecule has 0 bridgehead atoms. The van der Waals surface area contributed by atoms with Crippen LogP contribution < -0.4 is 5.73 Å². The van der Waals surface area contributed by atoms with Gasteiger partial charge in [0.15, 0.2) is 0 Å². The summed E-state index contributed by atoms with van der Waals surface area (Å²) < 4.78 is 4.93. The Morgan fingerprint density at radius 1 is 1.55 bits per heavy atom. The SMILES string of the molecule is COC[C@]1(O)CC[C@H](N)CC1. The van der Waals surface area contributed by atoms with Gasteiger partial charge < -0.3 is 15.6 Å². The summed E-state index contributed by atoms with van der Waals surface area (Å²) in [5, 5.41) is 9.81. The van der Waals surface area contributed by atoms with Crippen molar-refractivity contribution in [3.63, 3.8) is 0 Å². The number of hydrogen-bond donors (Lipinski definition) is 2. The fourth-order valence-electron chi connectivity index (χ4n) is 1.59. The van der Waals surface area contributed by atoms with Gasteiger partial charge in [-0.05, 0) is 25.7 Å². The van der Waals surface area contributed by atoms with Crippen molar-refractivity contribution in [3.05, 3.63) is 0 Å². The first kappa shape index (κ1) is 8.97. The Balaban J connectivity index is 2.35. The zero-order valence-electron chi connectivity index (χ0n) is 7.05. The fourth-order valence-corrected chi connectivity index (χ4v) is 1.59. The number of rotatable bonds is 2. The van der Waals surface area contributed by atoms with Crippen molar-refractivity contribution in [1.82, 2.24) is 0 Å². The topological polar surface area (TPSA) is 55.5 Å². The van der Waals surface area contributed by atoms with Crippen LogP contribution in [0.25, 0.3) is 0 Å². The molecule has 1 saturated carbocycles. The van der Waals surface area contributed by atoms with E-state index in [2.05, 4.69) is 0 Å². The van der Waals surface area contributed by atoms with Gasteiger partial charge in [0.25, 0.3) is 0 Å². The summed E-state index contributed by atoms with van der Waals surface area (Å²) in [6.45, 7) is 0.444. The van der Waals surface area contributed by atoms with E-state index in [1.54, 1.807) is 7.11 Å². The number of methoxy groups -OCH3 is 1. The Hall–Kier alpha value is -0.120. The van der Waals surface area contributed by atoms with Crippen LogP contribution in [0.4, 0.5) is 0 Å². The molecule has 0 spiro atoms. The third-order valence-electron chi connectivity index (χ3n) is 2.37. The molecule has 0 aliphatic heterocycles. The third kappa shape index (κ3) is 2.43. The highest BCUT2D eigenvalue weighted by atomic mass is 16.5. The molecule has 11 heavy (non-hydrogen) atoms. The quantitative estimate of drug-likeness (QED) is 0.608. The van der Waals surface area contributed by atoms with Crippen molar-refractivity contribution < 1.29 is 9.84 Å². The lowest BCUT2D eigenvalue weighted by atomic mass is 9.83. The largest absolute Gasteiger partial charge is 0.387 e. The lowest BCUT2D eigenvalue weighted by Crippen LogP contribution is -2.41. The van der Waals surface area contributed by atoms with Crippen molar-refractivity contribution in [2.24, 2.45) is 5.73 Å². The summed E-state index contributed by atoms with van der Waals surface area (Å²) in [6.07, 6.45) is 3.39. The number of hydrogen-bond acceptors (Lipinski definition) is 3. The molecule has 0 saturated heterocycles. The van der Waals surface area contributed by atoms with E-state index in [0.29, 0.717) is 6.61 Å². The summed E-state index contributed by atoms with van der Waals surface area (Å²) >= 11 is 0. The maximum Gasteiger partial charge on any atom is 0.0881 e. The Morgan fingerprint density at radius 3 is 2.55 bits per heavy atom. The molecule has 1 fully saturated rings. The zero-order valence-corrected chi connectivity index (χ0v) is 7.05. The van der Waals surface area contributed by atoms with Gasteiger partial charge in [0.1, 0.15) is 0 Å². The zero-order chi connectivity index (χ0) is 8.32. The molecule has 66 valence electrons. The van der Waals surface area contributed by atoms with Crippen molar-refractivity contribution in [2.75, 3.05) is 13.7 Å². The van der Waals surface area contributed by atoms with E-state index in [9.17, 15) is 5.11 Å². The Bertz CT molecular complexity index is 119. The minimum atomic E-state index is -0.593. The monoisotopic (exact) mass is 159 g/mol. The number of aliphatic hydroxyl groups is 1. The Kier molecular flexibility index (Phi) is 2.87. The van der Waals surface area contributed by atoms with E-state index in [-0.39, 0.29) is 6.04 Å². The lowest BCUT2D eigenvalue weighted by Gasteiger charge is -2.33. The number of ether oxygens (including phenoxy) is 1. The van der Waals surface area contributed by atoms with Gasteiger partial charge in [-0.25, -0.2) is 0 Å². The Morgan fingerprint density at radius 2 is 2.09 bits per heavy atom. The molecule has 1 rings (SSSR count). The predicted molar refractivity (Wildman–Crippen MR) is 43.3 cm³/mol. The number of nitrogens with two attached hydrogens (primary N) is 1. The maximum absolute atomic E-state index is 9.81. The van der Waals surface area contributed by atoms with Crippen molar-refractivity contribution in [2.45, 2.75) is 37.3 Å². The van der Waals surface area contributed by atoms with E-state index in [0.717, 1.165) is 25.7 Å². The Labute approximate surface area is 67.5 Å². The van der Waals surface area contributed by atoms with Gasteiger partial charge in [0.2, 0.25) is 0 Å². The molecule has 1 aliphatic rings. The van der Waals surface area contributed by atoms with Crippen molar-refractivity contribution in [1.29, 1.82) is 0 Å². The molecular weight excluding hydrogens is 142 g/mol. The standard InChI is InChI=1S/C8H17NO2/c1-11-6-8(10)4-2-7(9)3-5-8/h7,10H,2-6,9H2,1H3/t7-,8-. The first-order chi connectivity index (χ1) is 5.16. The highest BCUT2D eigenvalue weighted by Crippen LogP contribution is 2.27. The first-order valence-corrected chi connectivity index (χ1v) is 4.13. The summed E-state index contributed by atoms with van der Waals surface area (Å²) in [7, 11) is 1.62. The molecule has 0 atom stereocenters. The van der Waals surface area contributed by atoms with E-state index in [1.807, 2.05) is 0 Å². The summed E-state index contributed by atoms with van der Waals surface area (Å²) in [6, 6.07) is 0.284. The minimum absolute atomic E-state index is 0.284. The molecule has 0 amide bonds. The van der Waals surface area contributed by atoms with Crippen LogP contribution in [0.5, 0.6) is 0 Å². The molecule has 3 N–H and O–H groups in total. The molecule has 0 radical (unpaired) electrons. The average Bonchev–Trinajstić information content (AvgIpc) is 1.97. The molecule has 0 unspecified atom stereocenters. The second-order valence-electron chi connectivity index (χ2n) is 3.49. The van der Waals surface area contributed by atoms with Gasteiger partial charge in [0.05, 0.1) is 12.2 Å². The van der Waals surface area contributed by atoms with Gasteiger partial charge in [-0.2, -0.15) is 0 Å². The van der Waals surface area contributed by atoms with Crippen LogP contribution in [0.15, 0.2) is 0 Å². The van der Waals surface area contributed by atoms with Crippen molar-refractivity contribution in [3.8, 4) is 0 Å². The van der Waals surface area contributed by atoms with Crippen molar-refractivity contribution >= 4 is 0 Å². The minimum Gasteiger partial charge on any atom is -0.387 e. The van der Waals surface area contributed by atoms with Gasteiger partial charge in [-0.15, -0.1) is 0 Å². The van der Waals surface area contributed by atoms with Crippen LogP contribution in [0.3, 0.4) is 0 Å². The van der Waals surface area contributed by atoms with Crippen LogP contribution in [0.1, 0.15) is 25.7 Å². The molecule has 0 aromatic heterocycles. The normalized spacial score (nSPS) is 39.0. The molecule has 0 heterocycles. The van der Waals surface area contributed by atoms with E-state index < -0.39 is 5.60 Å². The molecule has 0 aromatic carbocycles. The molecule has 1 aliphatic carbocycles. The van der Waals surface area contributed by atoms with E-state index in [1.165, 1.54) is 0 Å². The van der Waals surface area contributed by atoms with Crippen LogP contribution >= 0.6 is 0 Å². The average molecular weight is 159 g/mol. The molecular formula is C8H17NO2. The highest BCUT2D eigenvalue weighted by molar-refractivity contribution is 4.86. The van der Waals surface area contributed by atoms with Crippen LogP contribution in [0.2, 0.25) is 0 Å². The lowest BCUT2D eigenvalue weighted by molar-refractivity contribution is -0.0583. The maximum atomic E-state index is 9.81. The van der Waals surface area contributed by atoms with E-state index >= 15 is 0 Å². The van der Waals surface area contributed by atoms with Crippen LogP contribution in [-0.4, -0.2) is 30.5 Å². The highest BCUT2D eigenvalue weighted by Gasteiger charge is 2.31. The second-order valence-corrected chi connectivity index (χ2v) is 3.49. The molecule has 0 aromatic rings. The molecule has 3 nitrogen and oxygen atoms in total. The second kappa shape index (κ2) is 3.52. The third-order valence-corrected chi connectivity index (χ3v) is 2.37.